The number of hydrogen-bond donors (Lipinski definition) is 2. The van der Waals surface area contributed by atoms with Gasteiger partial charge in [-0.2, -0.15) is 0 Å². The van der Waals surface area contributed by atoms with E-state index in [9.17, 15) is 9.59 Å². The van der Waals surface area contributed by atoms with Crippen LogP contribution in [0.5, 0.6) is 11.5 Å². The molecule has 2 amide bonds. The molecule has 0 bridgehead atoms. The number of amides is 2. The van der Waals surface area contributed by atoms with Gasteiger partial charge < -0.3 is 20.1 Å². The second kappa shape index (κ2) is 9.41. The highest BCUT2D eigenvalue weighted by atomic mass is 79.9. The average molecular weight is 435 g/mol. The van der Waals surface area contributed by atoms with Crippen LogP contribution < -0.4 is 20.1 Å². The van der Waals surface area contributed by atoms with Crippen LogP contribution >= 0.6 is 15.9 Å². The molecule has 1 atom stereocenters. The lowest BCUT2D eigenvalue weighted by Crippen LogP contribution is -2.38. The highest BCUT2D eigenvalue weighted by molar-refractivity contribution is 9.10. The van der Waals surface area contributed by atoms with E-state index in [1.807, 2.05) is 32.0 Å². The molecule has 2 aromatic carbocycles. The lowest BCUT2D eigenvalue weighted by Gasteiger charge is -2.19. The Bertz CT molecular complexity index is 839. The van der Waals surface area contributed by atoms with Crippen LogP contribution in [0.4, 0.5) is 0 Å². The van der Waals surface area contributed by atoms with Gasteiger partial charge in [-0.15, -0.1) is 0 Å². The molecule has 2 aromatic rings. The first-order valence-corrected chi connectivity index (χ1v) is 9.20. The fourth-order valence-corrected chi connectivity index (χ4v) is 3.12. The predicted octanol–water partition coefficient (Wildman–Crippen LogP) is 3.38. The van der Waals surface area contributed by atoms with Crippen molar-refractivity contribution in [1.82, 2.24) is 10.6 Å². The topological polar surface area (TPSA) is 76.7 Å². The van der Waals surface area contributed by atoms with Crippen molar-refractivity contribution in [1.29, 1.82) is 0 Å². The average Bonchev–Trinajstić information content (AvgIpc) is 2.65. The van der Waals surface area contributed by atoms with Crippen molar-refractivity contribution < 1.29 is 19.1 Å². The Hall–Kier alpha value is -2.54. The van der Waals surface area contributed by atoms with Gasteiger partial charge in [0.2, 0.25) is 5.91 Å². The van der Waals surface area contributed by atoms with Crippen molar-refractivity contribution >= 4 is 27.7 Å². The van der Waals surface area contributed by atoms with Gasteiger partial charge in [-0.25, -0.2) is 0 Å². The number of carbonyl (C=O) groups is 2. The van der Waals surface area contributed by atoms with Crippen LogP contribution in [0.25, 0.3) is 0 Å². The zero-order chi connectivity index (χ0) is 20.0. The lowest BCUT2D eigenvalue weighted by atomic mass is 10.0. The van der Waals surface area contributed by atoms with E-state index >= 15 is 0 Å². The zero-order valence-corrected chi connectivity index (χ0v) is 17.3. The Kier molecular flexibility index (Phi) is 7.24. The number of halogens is 1. The van der Waals surface area contributed by atoms with Crippen molar-refractivity contribution in [3.63, 3.8) is 0 Å². The van der Waals surface area contributed by atoms with Gasteiger partial charge in [-0.05, 0) is 55.3 Å². The summed E-state index contributed by atoms with van der Waals surface area (Å²) in [6.07, 6.45) is 0. The minimum atomic E-state index is -0.304. The molecule has 0 aliphatic rings. The Morgan fingerprint density at radius 1 is 1.11 bits per heavy atom. The third-order valence-corrected chi connectivity index (χ3v) is 4.61. The first-order chi connectivity index (χ1) is 12.8. The number of methoxy groups -OCH3 is 2. The highest BCUT2D eigenvalue weighted by Gasteiger charge is 2.16. The molecule has 0 fully saturated rings. The second-order valence-corrected chi connectivity index (χ2v) is 6.96. The van der Waals surface area contributed by atoms with Gasteiger partial charge in [-0.3, -0.25) is 9.59 Å². The van der Waals surface area contributed by atoms with Crippen LogP contribution in [-0.4, -0.2) is 32.6 Å². The van der Waals surface area contributed by atoms with E-state index in [0.717, 1.165) is 15.6 Å². The van der Waals surface area contributed by atoms with E-state index < -0.39 is 0 Å². The van der Waals surface area contributed by atoms with Gasteiger partial charge in [0.1, 0.15) is 0 Å². The highest BCUT2D eigenvalue weighted by Crippen LogP contribution is 2.32. The van der Waals surface area contributed by atoms with Crippen LogP contribution in [-0.2, 0) is 4.79 Å². The number of benzene rings is 2. The number of ether oxygens (including phenoxy) is 2. The fourth-order valence-electron chi connectivity index (χ4n) is 2.73. The fraction of sp³-hybridized carbons (Fsp3) is 0.300. The van der Waals surface area contributed by atoms with Crippen LogP contribution in [0.3, 0.4) is 0 Å². The molecule has 144 valence electrons. The minimum absolute atomic E-state index is 0.109. The first kappa shape index (κ1) is 20.8. The number of aryl methyl sites for hydroxylation is 1. The molecular formula is C20H23BrN2O4. The summed E-state index contributed by atoms with van der Waals surface area (Å²) in [7, 11) is 3.15. The molecule has 1 unspecified atom stereocenters. The summed E-state index contributed by atoms with van der Waals surface area (Å²) in [5.41, 5.74) is 2.37. The maximum atomic E-state index is 12.2. The summed E-state index contributed by atoms with van der Waals surface area (Å²) in [5.74, 6) is 0.655. The van der Waals surface area contributed by atoms with Gasteiger partial charge in [-0.1, -0.05) is 22.0 Å². The summed E-state index contributed by atoms with van der Waals surface area (Å²) >= 11 is 3.32. The van der Waals surface area contributed by atoms with E-state index in [1.54, 1.807) is 32.4 Å². The van der Waals surface area contributed by atoms with Gasteiger partial charge in [0.15, 0.2) is 11.5 Å². The Labute approximate surface area is 167 Å². The van der Waals surface area contributed by atoms with E-state index in [4.69, 9.17) is 9.47 Å². The number of nitrogens with one attached hydrogen (secondary N) is 2. The predicted molar refractivity (Wildman–Crippen MR) is 107 cm³/mol. The minimum Gasteiger partial charge on any atom is -0.493 e. The smallest absolute Gasteiger partial charge is 0.251 e. The third kappa shape index (κ3) is 5.47. The Morgan fingerprint density at radius 2 is 1.78 bits per heavy atom. The molecule has 0 aromatic heterocycles. The van der Waals surface area contributed by atoms with Crippen molar-refractivity contribution in [2.45, 2.75) is 19.9 Å². The molecule has 0 aliphatic carbocycles. The molecule has 2 N–H and O–H groups in total. The van der Waals surface area contributed by atoms with E-state index in [0.29, 0.717) is 17.1 Å². The molecule has 0 radical (unpaired) electrons. The summed E-state index contributed by atoms with van der Waals surface area (Å²) in [6.45, 7) is 3.71. The van der Waals surface area contributed by atoms with E-state index in [-0.39, 0.29) is 24.4 Å². The molecule has 7 heteroatoms. The molecular weight excluding hydrogens is 412 g/mol. The molecule has 0 spiro atoms. The van der Waals surface area contributed by atoms with Gasteiger partial charge in [0.05, 0.1) is 26.8 Å². The van der Waals surface area contributed by atoms with Crippen molar-refractivity contribution in [2.75, 3.05) is 20.8 Å². The van der Waals surface area contributed by atoms with Crippen LogP contribution in [0, 0.1) is 6.92 Å². The van der Waals surface area contributed by atoms with Gasteiger partial charge in [0, 0.05) is 10.0 Å². The standard InChI is InChI=1S/C20H23BrN2O4/c1-12-8-17(26-3)18(27-4)10-16(12)13(2)23-19(24)11-22-20(25)14-6-5-7-15(21)9-14/h5-10,13H,11H2,1-4H3,(H,22,25)(H,23,24). The van der Waals surface area contributed by atoms with Crippen LogP contribution in [0.2, 0.25) is 0 Å². The molecule has 6 nitrogen and oxygen atoms in total. The molecule has 0 heterocycles. The van der Waals surface area contributed by atoms with E-state index in [1.165, 1.54) is 0 Å². The van der Waals surface area contributed by atoms with Crippen LogP contribution in [0.15, 0.2) is 40.9 Å². The maximum Gasteiger partial charge on any atom is 0.251 e. The van der Waals surface area contributed by atoms with Gasteiger partial charge in [0.25, 0.3) is 5.91 Å². The number of hydrogen-bond acceptors (Lipinski definition) is 4. The normalized spacial score (nSPS) is 11.4. The van der Waals surface area contributed by atoms with Crippen molar-refractivity contribution in [2.24, 2.45) is 0 Å². The van der Waals surface area contributed by atoms with Crippen molar-refractivity contribution in [3.8, 4) is 11.5 Å². The van der Waals surface area contributed by atoms with Crippen LogP contribution in [0.1, 0.15) is 34.5 Å². The summed E-state index contributed by atoms with van der Waals surface area (Å²) < 4.78 is 11.4. The Balaban J connectivity index is 1.98. The molecule has 0 saturated heterocycles. The van der Waals surface area contributed by atoms with E-state index in [2.05, 4.69) is 26.6 Å². The lowest BCUT2D eigenvalue weighted by molar-refractivity contribution is -0.120. The first-order valence-electron chi connectivity index (χ1n) is 8.41. The third-order valence-electron chi connectivity index (χ3n) is 4.11. The summed E-state index contributed by atoms with van der Waals surface area (Å²) in [6, 6.07) is 10.4. The summed E-state index contributed by atoms with van der Waals surface area (Å²) in [4.78, 5) is 24.4. The summed E-state index contributed by atoms with van der Waals surface area (Å²) in [5, 5.41) is 5.51. The van der Waals surface area contributed by atoms with Gasteiger partial charge >= 0.3 is 0 Å². The zero-order valence-electron chi connectivity index (χ0n) is 15.8. The Morgan fingerprint density at radius 3 is 2.41 bits per heavy atom. The monoisotopic (exact) mass is 434 g/mol. The molecule has 27 heavy (non-hydrogen) atoms. The largest absolute Gasteiger partial charge is 0.493 e. The van der Waals surface area contributed by atoms with Crippen molar-refractivity contribution in [3.05, 3.63) is 57.6 Å². The maximum absolute atomic E-state index is 12.2. The number of carbonyl (C=O) groups excluding carboxylic acids is 2. The molecule has 2 rings (SSSR count). The quantitative estimate of drug-likeness (QED) is 0.699. The SMILES string of the molecule is COc1cc(C)c(C(C)NC(=O)CNC(=O)c2cccc(Br)c2)cc1OC. The molecule has 0 saturated carbocycles. The molecule has 0 aliphatic heterocycles. The second-order valence-electron chi connectivity index (χ2n) is 6.05. The number of rotatable bonds is 7.